The number of carbonyl (C=O) groups excluding carboxylic acids is 1. The standard InChI is InChI=1S/C18H30N4O2/c1-13-14(11-21-22(13)2)15-9-19-10-16(15)17(24)20-12-18(7-8-23)5-3-4-6-18/h11,15-16,19,23H,3-10,12H2,1-2H3,(H,20,24)/t15-,16+/m1/s1. The first-order valence-corrected chi connectivity index (χ1v) is 9.14. The van der Waals surface area contributed by atoms with Crippen molar-refractivity contribution in [1.82, 2.24) is 20.4 Å². The predicted molar refractivity (Wildman–Crippen MR) is 92.7 cm³/mol. The number of aliphatic hydroxyl groups excluding tert-OH is 1. The van der Waals surface area contributed by atoms with Crippen molar-refractivity contribution in [2.45, 2.75) is 44.9 Å². The summed E-state index contributed by atoms with van der Waals surface area (Å²) in [6.07, 6.45) is 7.33. The monoisotopic (exact) mass is 334 g/mol. The Morgan fingerprint density at radius 2 is 2.21 bits per heavy atom. The average Bonchev–Trinajstić information content (AvgIpc) is 3.28. The molecule has 6 nitrogen and oxygen atoms in total. The molecule has 2 aliphatic rings. The highest BCUT2D eigenvalue weighted by atomic mass is 16.3. The first-order valence-electron chi connectivity index (χ1n) is 9.14. The van der Waals surface area contributed by atoms with E-state index in [1.165, 1.54) is 18.4 Å². The number of carbonyl (C=O) groups is 1. The molecule has 1 aliphatic carbocycles. The van der Waals surface area contributed by atoms with Gasteiger partial charge in [-0.1, -0.05) is 12.8 Å². The van der Waals surface area contributed by atoms with Gasteiger partial charge in [0.25, 0.3) is 0 Å². The van der Waals surface area contributed by atoms with Crippen molar-refractivity contribution in [3.63, 3.8) is 0 Å². The van der Waals surface area contributed by atoms with Crippen LogP contribution in [-0.2, 0) is 11.8 Å². The predicted octanol–water partition coefficient (Wildman–Crippen LogP) is 1.09. The molecule has 1 aromatic heterocycles. The van der Waals surface area contributed by atoms with Crippen LogP contribution in [0.3, 0.4) is 0 Å². The minimum absolute atomic E-state index is 0.0412. The summed E-state index contributed by atoms with van der Waals surface area (Å²) in [4.78, 5) is 12.8. The second kappa shape index (κ2) is 7.23. The fraction of sp³-hybridized carbons (Fsp3) is 0.778. The van der Waals surface area contributed by atoms with Gasteiger partial charge in [0.2, 0.25) is 5.91 Å². The van der Waals surface area contributed by atoms with E-state index in [-0.39, 0.29) is 29.8 Å². The molecule has 1 aromatic rings. The molecular formula is C18H30N4O2. The van der Waals surface area contributed by atoms with Gasteiger partial charge in [0, 0.05) is 44.9 Å². The lowest BCUT2D eigenvalue weighted by molar-refractivity contribution is -0.125. The van der Waals surface area contributed by atoms with E-state index >= 15 is 0 Å². The summed E-state index contributed by atoms with van der Waals surface area (Å²) in [5, 5.41) is 20.3. The second-order valence-corrected chi connectivity index (χ2v) is 7.58. The van der Waals surface area contributed by atoms with Gasteiger partial charge in [-0.25, -0.2) is 0 Å². The summed E-state index contributed by atoms with van der Waals surface area (Å²) in [6.45, 7) is 4.51. The third kappa shape index (κ3) is 3.35. The highest BCUT2D eigenvalue weighted by Crippen LogP contribution is 2.40. The minimum Gasteiger partial charge on any atom is -0.396 e. The number of aliphatic hydroxyl groups is 1. The van der Waals surface area contributed by atoms with Crippen molar-refractivity contribution < 1.29 is 9.90 Å². The Labute approximate surface area is 144 Å². The first-order chi connectivity index (χ1) is 11.6. The van der Waals surface area contributed by atoms with Gasteiger partial charge >= 0.3 is 0 Å². The first kappa shape index (κ1) is 17.4. The summed E-state index contributed by atoms with van der Waals surface area (Å²) >= 11 is 0. The van der Waals surface area contributed by atoms with E-state index in [1.807, 2.05) is 17.9 Å². The normalized spacial score (nSPS) is 26.0. The molecule has 134 valence electrons. The van der Waals surface area contributed by atoms with Gasteiger partial charge < -0.3 is 15.7 Å². The molecule has 6 heteroatoms. The SMILES string of the molecule is Cc1c([C@H]2CNC[C@@H]2C(=O)NCC2(CCO)CCCC2)cnn1C. The summed E-state index contributed by atoms with van der Waals surface area (Å²) in [5.74, 6) is 0.286. The van der Waals surface area contributed by atoms with Crippen LogP contribution in [0.1, 0.15) is 49.3 Å². The summed E-state index contributed by atoms with van der Waals surface area (Å²) in [7, 11) is 1.94. The molecule has 1 amide bonds. The van der Waals surface area contributed by atoms with Crippen LogP contribution in [0.25, 0.3) is 0 Å². The van der Waals surface area contributed by atoms with Crippen LogP contribution < -0.4 is 10.6 Å². The Hall–Kier alpha value is -1.40. The number of hydrogen-bond donors (Lipinski definition) is 3. The number of aryl methyl sites for hydroxylation is 1. The molecule has 1 saturated heterocycles. The van der Waals surface area contributed by atoms with Crippen LogP contribution in [0.2, 0.25) is 0 Å². The van der Waals surface area contributed by atoms with Crippen LogP contribution in [0.5, 0.6) is 0 Å². The summed E-state index contributed by atoms with van der Waals surface area (Å²) in [6, 6.07) is 0. The van der Waals surface area contributed by atoms with Crippen molar-refractivity contribution in [1.29, 1.82) is 0 Å². The lowest BCUT2D eigenvalue weighted by atomic mass is 9.82. The van der Waals surface area contributed by atoms with E-state index in [9.17, 15) is 9.90 Å². The molecule has 0 aromatic carbocycles. The van der Waals surface area contributed by atoms with E-state index in [0.717, 1.165) is 38.0 Å². The lowest BCUT2D eigenvalue weighted by Crippen LogP contribution is -2.41. The van der Waals surface area contributed by atoms with E-state index in [2.05, 4.69) is 22.7 Å². The smallest absolute Gasteiger partial charge is 0.225 e. The molecule has 0 bridgehead atoms. The number of nitrogens with zero attached hydrogens (tertiary/aromatic N) is 2. The average molecular weight is 334 g/mol. The number of nitrogens with one attached hydrogen (secondary N) is 2. The van der Waals surface area contributed by atoms with E-state index in [0.29, 0.717) is 6.54 Å². The van der Waals surface area contributed by atoms with Crippen molar-refractivity contribution >= 4 is 5.91 Å². The molecule has 2 atom stereocenters. The molecule has 1 saturated carbocycles. The summed E-state index contributed by atoms with van der Waals surface area (Å²) < 4.78 is 1.87. The zero-order chi connectivity index (χ0) is 17.2. The van der Waals surface area contributed by atoms with Crippen molar-refractivity contribution in [2.24, 2.45) is 18.4 Å². The fourth-order valence-corrected chi connectivity index (χ4v) is 4.44. The van der Waals surface area contributed by atoms with Crippen LogP contribution in [-0.4, -0.2) is 47.0 Å². The van der Waals surface area contributed by atoms with Crippen LogP contribution >= 0.6 is 0 Å². The van der Waals surface area contributed by atoms with Crippen molar-refractivity contribution in [2.75, 3.05) is 26.2 Å². The topological polar surface area (TPSA) is 79.2 Å². The molecule has 0 spiro atoms. The highest BCUT2D eigenvalue weighted by molar-refractivity contribution is 5.80. The number of rotatable bonds is 6. The molecule has 24 heavy (non-hydrogen) atoms. The molecule has 0 radical (unpaired) electrons. The van der Waals surface area contributed by atoms with E-state index in [1.54, 1.807) is 0 Å². The quantitative estimate of drug-likeness (QED) is 0.728. The van der Waals surface area contributed by atoms with E-state index < -0.39 is 0 Å². The molecule has 0 unspecified atom stereocenters. The maximum atomic E-state index is 12.8. The van der Waals surface area contributed by atoms with Gasteiger partial charge in [0.05, 0.1) is 12.1 Å². The molecular weight excluding hydrogens is 304 g/mol. The van der Waals surface area contributed by atoms with Crippen LogP contribution in [0.15, 0.2) is 6.20 Å². The maximum absolute atomic E-state index is 12.8. The fourth-order valence-electron chi connectivity index (χ4n) is 4.44. The zero-order valence-electron chi connectivity index (χ0n) is 14.8. The molecule has 1 aliphatic heterocycles. The summed E-state index contributed by atoms with van der Waals surface area (Å²) in [5.41, 5.74) is 2.42. The Morgan fingerprint density at radius 3 is 2.83 bits per heavy atom. The van der Waals surface area contributed by atoms with Crippen LogP contribution in [0.4, 0.5) is 0 Å². The zero-order valence-corrected chi connectivity index (χ0v) is 14.8. The van der Waals surface area contributed by atoms with Crippen LogP contribution in [0, 0.1) is 18.3 Å². The Balaban J connectivity index is 1.64. The molecule has 2 heterocycles. The van der Waals surface area contributed by atoms with Gasteiger partial charge in [0.15, 0.2) is 0 Å². The van der Waals surface area contributed by atoms with Gasteiger partial charge in [-0.2, -0.15) is 5.10 Å². The highest BCUT2D eigenvalue weighted by Gasteiger charge is 2.38. The number of amides is 1. The third-order valence-corrected chi connectivity index (χ3v) is 6.17. The minimum atomic E-state index is -0.0412. The Kier molecular flexibility index (Phi) is 5.25. The molecule has 3 rings (SSSR count). The molecule has 2 fully saturated rings. The third-order valence-electron chi connectivity index (χ3n) is 6.17. The van der Waals surface area contributed by atoms with Gasteiger partial charge in [-0.05, 0) is 37.2 Å². The number of hydrogen-bond acceptors (Lipinski definition) is 4. The van der Waals surface area contributed by atoms with E-state index in [4.69, 9.17) is 0 Å². The Morgan fingerprint density at radius 1 is 1.46 bits per heavy atom. The maximum Gasteiger partial charge on any atom is 0.225 e. The largest absolute Gasteiger partial charge is 0.396 e. The van der Waals surface area contributed by atoms with Crippen molar-refractivity contribution in [3.8, 4) is 0 Å². The van der Waals surface area contributed by atoms with Gasteiger partial charge in [-0.15, -0.1) is 0 Å². The second-order valence-electron chi connectivity index (χ2n) is 7.58. The molecule has 3 N–H and O–H groups in total. The lowest BCUT2D eigenvalue weighted by Gasteiger charge is -2.29. The number of aromatic nitrogens is 2. The van der Waals surface area contributed by atoms with Gasteiger partial charge in [-0.3, -0.25) is 9.48 Å². The van der Waals surface area contributed by atoms with Crippen molar-refractivity contribution in [3.05, 3.63) is 17.5 Å². The van der Waals surface area contributed by atoms with Gasteiger partial charge in [0.1, 0.15) is 0 Å². The Bertz CT molecular complexity index is 578.